The van der Waals surface area contributed by atoms with Gasteiger partial charge in [0.25, 0.3) is 0 Å². The average molecular weight is 633 g/mol. The molecule has 4 aliphatic rings. The Morgan fingerprint density at radius 3 is 1.32 bits per heavy atom. The van der Waals surface area contributed by atoms with Crippen LogP contribution in [0.25, 0.3) is 32.0 Å². The number of hydrogen-bond donors (Lipinski definition) is 0. The Hall–Kier alpha value is -2.40. The first-order valence-electron chi connectivity index (χ1n) is 12.7. The second-order valence-corrected chi connectivity index (χ2v) is 15.7. The highest BCUT2D eigenvalue weighted by atomic mass is 32.2. The molecule has 4 heterocycles. The van der Waals surface area contributed by atoms with Crippen molar-refractivity contribution in [3.8, 4) is 20.9 Å². The van der Waals surface area contributed by atoms with Crippen molar-refractivity contribution in [3.05, 3.63) is 93.7 Å². The molecule has 0 amide bonds. The number of halogens is 6. The van der Waals surface area contributed by atoms with E-state index >= 15 is 26.3 Å². The predicted octanol–water partition coefficient (Wildman–Crippen LogP) is 11.0. The molecule has 0 nitrogen and oxygen atoms in total. The lowest BCUT2D eigenvalue weighted by molar-refractivity contribution is -0.257. The molecule has 2 aliphatic heterocycles. The highest BCUT2D eigenvalue weighted by Crippen LogP contribution is 2.78. The minimum absolute atomic E-state index is 0.114. The monoisotopic (exact) mass is 632 g/mol. The van der Waals surface area contributed by atoms with Gasteiger partial charge in [-0.05, 0) is 82.3 Å². The Labute approximate surface area is 248 Å². The molecular weight excluding hydrogens is 615 g/mol. The molecule has 0 N–H and O–H groups in total. The Morgan fingerprint density at radius 1 is 0.537 bits per heavy atom. The average Bonchev–Trinajstić information content (AvgIpc) is 3.72. The summed E-state index contributed by atoms with van der Waals surface area (Å²) in [6.45, 7) is 3.48. The van der Waals surface area contributed by atoms with Crippen molar-refractivity contribution in [3.63, 3.8) is 0 Å². The molecular formula is C31H18F6S4. The summed E-state index contributed by atoms with van der Waals surface area (Å²) in [4.78, 5) is 3.16. The summed E-state index contributed by atoms with van der Waals surface area (Å²) in [5.74, 6) is -15.7. The number of alkyl halides is 6. The van der Waals surface area contributed by atoms with Crippen LogP contribution in [0.15, 0.2) is 92.4 Å². The fraction of sp³-hybridized carbons (Fsp3) is 0.226. The van der Waals surface area contributed by atoms with E-state index in [0.29, 0.717) is 20.9 Å². The maximum atomic E-state index is 15.8. The molecule has 0 spiro atoms. The highest BCUT2D eigenvalue weighted by Gasteiger charge is 2.84. The van der Waals surface area contributed by atoms with Crippen LogP contribution in [-0.2, 0) is 0 Å². The van der Waals surface area contributed by atoms with Crippen LogP contribution in [0.1, 0.15) is 25.0 Å². The number of thiophene rings is 2. The van der Waals surface area contributed by atoms with Crippen LogP contribution < -0.4 is 0 Å². The molecule has 41 heavy (non-hydrogen) atoms. The van der Waals surface area contributed by atoms with E-state index in [0.717, 1.165) is 20.9 Å². The molecule has 4 aromatic rings. The first-order chi connectivity index (χ1) is 19.3. The largest absolute Gasteiger partial charge is 0.380 e. The molecule has 2 aromatic heterocycles. The lowest BCUT2D eigenvalue weighted by Crippen LogP contribution is -2.47. The van der Waals surface area contributed by atoms with E-state index in [1.54, 1.807) is 38.1 Å². The van der Waals surface area contributed by atoms with Crippen LogP contribution in [0.4, 0.5) is 26.3 Å². The molecule has 10 heteroatoms. The third-order valence-electron chi connectivity index (χ3n) is 8.77. The van der Waals surface area contributed by atoms with E-state index in [2.05, 4.69) is 0 Å². The maximum absolute atomic E-state index is 15.8. The van der Waals surface area contributed by atoms with Crippen LogP contribution in [0.5, 0.6) is 0 Å². The van der Waals surface area contributed by atoms with Gasteiger partial charge in [-0.2, -0.15) is 26.3 Å². The topological polar surface area (TPSA) is 0 Å². The summed E-state index contributed by atoms with van der Waals surface area (Å²) >= 11 is 5.64. The Balaban J connectivity index is 1.45. The van der Waals surface area contributed by atoms with Gasteiger partial charge >= 0.3 is 17.8 Å². The number of benzene rings is 2. The zero-order valence-electron chi connectivity index (χ0n) is 21.3. The van der Waals surface area contributed by atoms with Gasteiger partial charge in [0.1, 0.15) is 0 Å². The van der Waals surface area contributed by atoms with Gasteiger partial charge in [-0.3, -0.25) is 0 Å². The summed E-state index contributed by atoms with van der Waals surface area (Å²) in [5.41, 5.74) is -0.316. The van der Waals surface area contributed by atoms with Gasteiger partial charge in [0, 0.05) is 30.7 Å². The zero-order chi connectivity index (χ0) is 28.7. The van der Waals surface area contributed by atoms with E-state index < -0.39 is 38.4 Å². The van der Waals surface area contributed by atoms with Gasteiger partial charge in [0.15, 0.2) is 0 Å². The van der Waals surface area contributed by atoms with E-state index in [-0.39, 0.29) is 11.1 Å². The number of thioether (sulfide) groups is 2. The van der Waals surface area contributed by atoms with Crippen molar-refractivity contribution in [2.75, 3.05) is 0 Å². The number of allylic oxidation sites excluding steroid dienone is 2. The van der Waals surface area contributed by atoms with Gasteiger partial charge < -0.3 is 0 Å². The third kappa shape index (κ3) is 2.97. The Bertz CT molecular complexity index is 1720. The minimum Gasteiger partial charge on any atom is -0.194 e. The molecule has 8 rings (SSSR count). The standard InChI is InChI=1S/C31H18F6S4/c1-27-23(17-9-7-15(13-21(17)40-27)19-5-3-11-38-19)25-26(30(34,35)31(36,37)29(25,32)33)24-18-10-8-16(20-6-4-12-39-20)14-22(18)41-28(24,27)2/h3-14H,1-2H3. The highest BCUT2D eigenvalue weighted by molar-refractivity contribution is 8.06. The smallest absolute Gasteiger partial charge is 0.194 e. The van der Waals surface area contributed by atoms with Crippen LogP contribution >= 0.6 is 46.2 Å². The van der Waals surface area contributed by atoms with Gasteiger partial charge in [-0.25, -0.2) is 0 Å². The van der Waals surface area contributed by atoms with Crippen molar-refractivity contribution >= 4 is 57.3 Å². The summed E-state index contributed by atoms with van der Waals surface area (Å²) in [7, 11) is 0. The third-order valence-corrected chi connectivity index (χ3v) is 13.9. The molecule has 2 aromatic carbocycles. The lowest BCUT2D eigenvalue weighted by atomic mass is 9.68. The Morgan fingerprint density at radius 2 is 0.951 bits per heavy atom. The zero-order valence-corrected chi connectivity index (χ0v) is 24.6. The fourth-order valence-corrected chi connectivity index (χ4v) is 11.4. The van der Waals surface area contributed by atoms with E-state index in [4.69, 9.17) is 0 Å². The maximum Gasteiger partial charge on any atom is 0.380 e. The Kier molecular flexibility index (Phi) is 5.09. The van der Waals surface area contributed by atoms with Crippen molar-refractivity contribution in [1.29, 1.82) is 0 Å². The van der Waals surface area contributed by atoms with Crippen molar-refractivity contribution in [1.82, 2.24) is 0 Å². The molecule has 1 saturated carbocycles. The van der Waals surface area contributed by atoms with Gasteiger partial charge in [0.2, 0.25) is 0 Å². The molecule has 2 aliphatic carbocycles. The molecule has 1 fully saturated rings. The van der Waals surface area contributed by atoms with Crippen LogP contribution in [0.2, 0.25) is 0 Å². The molecule has 208 valence electrons. The van der Waals surface area contributed by atoms with E-state index in [1.165, 1.54) is 46.2 Å². The summed E-state index contributed by atoms with van der Waals surface area (Å²) in [6, 6.07) is 18.1. The van der Waals surface area contributed by atoms with E-state index in [9.17, 15) is 0 Å². The molecule has 2 unspecified atom stereocenters. The quantitative estimate of drug-likeness (QED) is 0.202. The SMILES string of the molecule is CC12Sc3cc(-c4cccs4)ccc3C1=C1C(=C3c4ccc(-c5cccs5)cc4SC32C)C(F)(F)C(F)(F)C1(F)F. The van der Waals surface area contributed by atoms with Gasteiger partial charge in [-0.15, -0.1) is 46.2 Å². The second kappa shape index (κ2) is 7.95. The number of hydrogen-bond acceptors (Lipinski definition) is 4. The van der Waals surface area contributed by atoms with Crippen LogP contribution in [0.3, 0.4) is 0 Å². The molecule has 2 atom stereocenters. The summed E-state index contributed by atoms with van der Waals surface area (Å²) in [6.07, 6.45) is 0. The van der Waals surface area contributed by atoms with Crippen molar-refractivity contribution in [2.24, 2.45) is 0 Å². The van der Waals surface area contributed by atoms with Crippen LogP contribution in [-0.4, -0.2) is 27.3 Å². The summed E-state index contributed by atoms with van der Waals surface area (Å²) < 4.78 is 91.3. The minimum atomic E-state index is -5.58. The van der Waals surface area contributed by atoms with Crippen LogP contribution in [0, 0.1) is 0 Å². The second-order valence-electron chi connectivity index (χ2n) is 10.9. The molecule has 0 saturated heterocycles. The normalized spacial score (nSPS) is 27.9. The van der Waals surface area contributed by atoms with Crippen molar-refractivity contribution in [2.45, 2.75) is 50.9 Å². The predicted molar refractivity (Wildman–Crippen MR) is 157 cm³/mol. The van der Waals surface area contributed by atoms with Crippen molar-refractivity contribution < 1.29 is 26.3 Å². The molecule has 0 bridgehead atoms. The van der Waals surface area contributed by atoms with E-state index in [1.807, 2.05) is 47.2 Å². The molecule has 0 radical (unpaired) electrons. The fourth-order valence-electron chi connectivity index (χ4n) is 6.68. The summed E-state index contributed by atoms with van der Waals surface area (Å²) in [5, 5.41) is 3.84. The first-order valence-corrected chi connectivity index (χ1v) is 16.1. The number of rotatable bonds is 2. The van der Waals surface area contributed by atoms with Gasteiger partial charge in [-0.1, -0.05) is 36.4 Å². The number of fused-ring (bicyclic) bond motifs is 8. The first kappa shape index (κ1) is 26.2. The lowest BCUT2D eigenvalue weighted by Gasteiger charge is -2.47. The van der Waals surface area contributed by atoms with Gasteiger partial charge in [0.05, 0.1) is 9.49 Å².